The molecule has 0 aromatic heterocycles. The lowest BCUT2D eigenvalue weighted by atomic mass is 10.1. The quantitative estimate of drug-likeness (QED) is 0.280. The Hall–Kier alpha value is -0.570. The zero-order chi connectivity index (χ0) is 16.3. The minimum Gasteiger partial charge on any atom is -0.381 e. The molecule has 0 radical (unpaired) electrons. The molecule has 1 saturated heterocycles. The minimum atomic E-state index is 0. The van der Waals surface area contributed by atoms with Crippen molar-refractivity contribution >= 4 is 41.5 Å². The molecule has 136 valence electrons. The SMILES string of the molecule is CN=C(NCCCOC1CCOCC1)NCc1cccc(Cl)c1.I. The largest absolute Gasteiger partial charge is 0.381 e. The summed E-state index contributed by atoms with van der Waals surface area (Å²) in [5.41, 5.74) is 1.13. The summed E-state index contributed by atoms with van der Waals surface area (Å²) in [5, 5.41) is 7.32. The molecular weight excluding hydrogens is 441 g/mol. The van der Waals surface area contributed by atoms with Gasteiger partial charge in [-0.1, -0.05) is 23.7 Å². The van der Waals surface area contributed by atoms with Crippen LogP contribution in [0, 0.1) is 0 Å². The fraction of sp³-hybridized carbons (Fsp3) is 0.588. The molecule has 5 nitrogen and oxygen atoms in total. The Balaban J connectivity index is 0.00000288. The number of nitrogens with zero attached hydrogens (tertiary/aromatic N) is 1. The highest BCUT2D eigenvalue weighted by Crippen LogP contribution is 2.11. The molecule has 2 N–H and O–H groups in total. The van der Waals surface area contributed by atoms with Gasteiger partial charge in [-0.25, -0.2) is 0 Å². The van der Waals surface area contributed by atoms with E-state index in [1.54, 1.807) is 7.05 Å². The molecule has 1 aromatic carbocycles. The first-order valence-electron chi connectivity index (χ1n) is 8.16. The Labute approximate surface area is 166 Å². The van der Waals surface area contributed by atoms with Crippen molar-refractivity contribution in [3.63, 3.8) is 0 Å². The van der Waals surface area contributed by atoms with E-state index in [2.05, 4.69) is 15.6 Å². The van der Waals surface area contributed by atoms with Gasteiger partial charge in [0.15, 0.2) is 5.96 Å². The smallest absolute Gasteiger partial charge is 0.191 e. The van der Waals surface area contributed by atoms with Crippen LogP contribution < -0.4 is 10.6 Å². The normalized spacial score (nSPS) is 15.7. The Morgan fingerprint density at radius 3 is 2.83 bits per heavy atom. The lowest BCUT2D eigenvalue weighted by Gasteiger charge is -2.22. The van der Waals surface area contributed by atoms with Crippen molar-refractivity contribution in [2.45, 2.75) is 31.9 Å². The van der Waals surface area contributed by atoms with E-state index in [9.17, 15) is 0 Å². The number of benzene rings is 1. The number of ether oxygens (including phenoxy) is 2. The van der Waals surface area contributed by atoms with Crippen LogP contribution >= 0.6 is 35.6 Å². The van der Waals surface area contributed by atoms with E-state index in [1.165, 1.54) is 0 Å². The standard InChI is InChI=1S/C17H26ClN3O2.HI/c1-19-17(21-13-14-4-2-5-15(18)12-14)20-8-3-9-23-16-6-10-22-11-7-16;/h2,4-5,12,16H,3,6-11,13H2,1H3,(H2,19,20,21);1H. The van der Waals surface area contributed by atoms with Gasteiger partial charge >= 0.3 is 0 Å². The first-order valence-corrected chi connectivity index (χ1v) is 8.54. The highest BCUT2D eigenvalue weighted by molar-refractivity contribution is 14.0. The summed E-state index contributed by atoms with van der Waals surface area (Å²) in [6.07, 6.45) is 3.34. The van der Waals surface area contributed by atoms with Crippen molar-refractivity contribution in [3.05, 3.63) is 34.9 Å². The summed E-state index contributed by atoms with van der Waals surface area (Å²) in [6, 6.07) is 7.80. The van der Waals surface area contributed by atoms with Crippen LogP contribution in [-0.2, 0) is 16.0 Å². The van der Waals surface area contributed by atoms with Crippen LogP contribution in [0.25, 0.3) is 0 Å². The molecule has 24 heavy (non-hydrogen) atoms. The lowest BCUT2D eigenvalue weighted by molar-refractivity contribution is -0.0320. The Morgan fingerprint density at radius 1 is 1.33 bits per heavy atom. The molecule has 1 aromatic rings. The third-order valence-corrected chi connectivity index (χ3v) is 3.94. The third kappa shape index (κ3) is 8.50. The molecule has 0 atom stereocenters. The molecule has 2 rings (SSSR count). The van der Waals surface area contributed by atoms with Gasteiger partial charge < -0.3 is 20.1 Å². The van der Waals surface area contributed by atoms with Crippen LogP contribution in [0.15, 0.2) is 29.3 Å². The highest BCUT2D eigenvalue weighted by atomic mass is 127. The maximum Gasteiger partial charge on any atom is 0.191 e. The average Bonchev–Trinajstić information content (AvgIpc) is 2.58. The van der Waals surface area contributed by atoms with Crippen molar-refractivity contribution in [1.82, 2.24) is 10.6 Å². The third-order valence-electron chi connectivity index (χ3n) is 3.71. The molecule has 1 aliphatic heterocycles. The number of rotatable bonds is 7. The van der Waals surface area contributed by atoms with E-state index in [4.69, 9.17) is 21.1 Å². The van der Waals surface area contributed by atoms with Crippen LogP contribution in [0.5, 0.6) is 0 Å². The fourth-order valence-corrected chi connectivity index (χ4v) is 2.64. The van der Waals surface area contributed by atoms with Crippen molar-refractivity contribution in [2.24, 2.45) is 4.99 Å². The van der Waals surface area contributed by atoms with E-state index in [0.29, 0.717) is 12.6 Å². The second-order valence-electron chi connectivity index (χ2n) is 5.52. The summed E-state index contributed by atoms with van der Waals surface area (Å²) < 4.78 is 11.2. The number of guanidine groups is 1. The second-order valence-corrected chi connectivity index (χ2v) is 5.95. The van der Waals surface area contributed by atoms with E-state index >= 15 is 0 Å². The molecule has 0 saturated carbocycles. The summed E-state index contributed by atoms with van der Waals surface area (Å²) >= 11 is 5.98. The fourth-order valence-electron chi connectivity index (χ4n) is 2.42. The van der Waals surface area contributed by atoms with Crippen molar-refractivity contribution in [2.75, 3.05) is 33.4 Å². The predicted molar refractivity (Wildman–Crippen MR) is 109 cm³/mol. The van der Waals surface area contributed by atoms with Gasteiger partial charge in [0.2, 0.25) is 0 Å². The second kappa shape index (κ2) is 12.7. The lowest BCUT2D eigenvalue weighted by Crippen LogP contribution is -2.37. The summed E-state index contributed by atoms with van der Waals surface area (Å²) in [4.78, 5) is 4.22. The molecule has 0 bridgehead atoms. The summed E-state index contributed by atoms with van der Waals surface area (Å²) in [5.74, 6) is 0.788. The molecule has 7 heteroatoms. The van der Waals surface area contributed by atoms with E-state index in [0.717, 1.165) is 62.2 Å². The monoisotopic (exact) mass is 467 g/mol. The molecule has 1 fully saturated rings. The van der Waals surface area contributed by atoms with Crippen molar-refractivity contribution < 1.29 is 9.47 Å². The molecule has 0 unspecified atom stereocenters. The van der Waals surface area contributed by atoms with Crippen molar-refractivity contribution in [1.29, 1.82) is 0 Å². The number of hydrogen-bond acceptors (Lipinski definition) is 3. The highest BCUT2D eigenvalue weighted by Gasteiger charge is 2.13. The molecule has 1 heterocycles. The number of nitrogens with one attached hydrogen (secondary N) is 2. The molecule has 0 spiro atoms. The van der Waals surface area contributed by atoms with Crippen LogP contribution in [0.4, 0.5) is 0 Å². The maximum absolute atomic E-state index is 5.98. The summed E-state index contributed by atoms with van der Waals surface area (Å²) in [6.45, 7) is 3.94. The zero-order valence-electron chi connectivity index (χ0n) is 14.1. The van der Waals surface area contributed by atoms with Crippen LogP contribution in [0.3, 0.4) is 0 Å². The van der Waals surface area contributed by atoms with Gasteiger partial charge in [-0.15, -0.1) is 24.0 Å². The van der Waals surface area contributed by atoms with Crippen molar-refractivity contribution in [3.8, 4) is 0 Å². The molecular formula is C17H27ClIN3O2. The first-order chi connectivity index (χ1) is 11.3. The summed E-state index contributed by atoms with van der Waals surface area (Å²) in [7, 11) is 1.77. The van der Waals surface area contributed by atoms with Gasteiger partial charge in [0.1, 0.15) is 0 Å². The number of hydrogen-bond donors (Lipinski definition) is 2. The van der Waals surface area contributed by atoms with Gasteiger partial charge in [0.25, 0.3) is 0 Å². The Bertz CT molecular complexity index is 496. The van der Waals surface area contributed by atoms with E-state index in [-0.39, 0.29) is 24.0 Å². The topological polar surface area (TPSA) is 54.9 Å². The van der Waals surface area contributed by atoms with Gasteiger partial charge in [0, 0.05) is 45.0 Å². The maximum atomic E-state index is 5.98. The molecule has 0 amide bonds. The molecule has 0 aliphatic carbocycles. The van der Waals surface area contributed by atoms with E-state index in [1.807, 2.05) is 24.3 Å². The Morgan fingerprint density at radius 2 is 2.12 bits per heavy atom. The van der Waals surface area contributed by atoms with Crippen LogP contribution in [0.2, 0.25) is 5.02 Å². The minimum absolute atomic E-state index is 0. The first kappa shape index (κ1) is 21.5. The van der Waals surface area contributed by atoms with Gasteiger partial charge in [-0.3, -0.25) is 4.99 Å². The van der Waals surface area contributed by atoms with Gasteiger partial charge in [-0.05, 0) is 37.0 Å². The van der Waals surface area contributed by atoms with E-state index < -0.39 is 0 Å². The molecule has 1 aliphatic rings. The zero-order valence-corrected chi connectivity index (χ0v) is 17.2. The Kier molecular flexibility index (Phi) is 11.4. The van der Waals surface area contributed by atoms with Gasteiger partial charge in [-0.2, -0.15) is 0 Å². The average molecular weight is 468 g/mol. The number of halogens is 2. The number of aliphatic imine (C=N–C) groups is 1. The van der Waals surface area contributed by atoms with Gasteiger partial charge in [0.05, 0.1) is 6.10 Å². The van der Waals surface area contributed by atoms with Crippen LogP contribution in [-0.4, -0.2) is 45.5 Å². The predicted octanol–water partition coefficient (Wildman–Crippen LogP) is 3.21. The van der Waals surface area contributed by atoms with Crippen LogP contribution in [0.1, 0.15) is 24.8 Å².